The van der Waals surface area contributed by atoms with Crippen molar-refractivity contribution >= 4 is 0 Å². The van der Waals surface area contributed by atoms with E-state index >= 15 is 0 Å². The second-order valence-electron chi connectivity index (χ2n) is 6.53. The number of hydrogen-bond donors (Lipinski definition) is 0. The zero-order valence-corrected chi connectivity index (χ0v) is 14.2. The average Bonchev–Trinajstić information content (AvgIpc) is 2.96. The predicted octanol–water partition coefficient (Wildman–Crippen LogP) is 2.41. The van der Waals surface area contributed by atoms with Crippen LogP contribution >= 0.6 is 0 Å². The van der Waals surface area contributed by atoms with Crippen LogP contribution in [0.25, 0.3) is 11.3 Å². The van der Waals surface area contributed by atoms with Crippen LogP contribution < -0.4 is 0 Å². The number of ether oxygens (including phenoxy) is 1. The Morgan fingerprint density at radius 3 is 2.78 bits per heavy atom. The molecule has 0 bridgehead atoms. The standard InChI is InChI=1S/C18H25N3O2/c1-14-4-6-15(7-5-14)18-10-16(23-19-18)12-21-8-9-22-17(13-21)11-20(2)3/h4-7,10,17H,8-9,11-13H2,1-3H3/t17-/m0/s1. The van der Waals surface area contributed by atoms with Crippen molar-refractivity contribution in [3.05, 3.63) is 41.7 Å². The van der Waals surface area contributed by atoms with E-state index in [1.165, 1.54) is 5.56 Å². The third-order valence-corrected chi connectivity index (χ3v) is 4.08. The van der Waals surface area contributed by atoms with E-state index in [9.17, 15) is 0 Å². The summed E-state index contributed by atoms with van der Waals surface area (Å²) in [5.41, 5.74) is 3.24. The molecule has 0 amide bonds. The first-order chi connectivity index (χ1) is 11.1. The number of aromatic nitrogens is 1. The molecule has 1 atom stereocenters. The molecule has 2 aromatic rings. The number of morpholine rings is 1. The molecule has 0 saturated carbocycles. The molecular formula is C18H25N3O2. The molecule has 0 N–H and O–H groups in total. The monoisotopic (exact) mass is 315 g/mol. The Labute approximate surface area is 137 Å². The Balaban J connectivity index is 1.61. The minimum Gasteiger partial charge on any atom is -0.374 e. The molecule has 0 radical (unpaired) electrons. The van der Waals surface area contributed by atoms with Gasteiger partial charge in [-0.05, 0) is 21.0 Å². The van der Waals surface area contributed by atoms with Gasteiger partial charge in [0.15, 0.2) is 5.76 Å². The lowest BCUT2D eigenvalue weighted by molar-refractivity contribution is -0.0426. The summed E-state index contributed by atoms with van der Waals surface area (Å²) in [5.74, 6) is 0.908. The van der Waals surface area contributed by atoms with E-state index in [4.69, 9.17) is 9.26 Å². The number of rotatable bonds is 5. The number of aryl methyl sites for hydroxylation is 1. The van der Waals surface area contributed by atoms with E-state index in [2.05, 4.69) is 60.2 Å². The fourth-order valence-electron chi connectivity index (χ4n) is 2.91. The van der Waals surface area contributed by atoms with Crippen molar-refractivity contribution in [2.24, 2.45) is 0 Å². The van der Waals surface area contributed by atoms with Crippen LogP contribution in [-0.4, -0.2) is 61.4 Å². The molecule has 2 heterocycles. The van der Waals surface area contributed by atoms with Crippen molar-refractivity contribution in [3.8, 4) is 11.3 Å². The Kier molecular flexibility index (Phi) is 5.10. The van der Waals surface area contributed by atoms with E-state index in [0.29, 0.717) is 0 Å². The van der Waals surface area contributed by atoms with Crippen molar-refractivity contribution in [1.29, 1.82) is 0 Å². The number of benzene rings is 1. The first-order valence-electron chi connectivity index (χ1n) is 8.11. The highest BCUT2D eigenvalue weighted by atomic mass is 16.5. The van der Waals surface area contributed by atoms with Crippen molar-refractivity contribution in [1.82, 2.24) is 15.0 Å². The summed E-state index contributed by atoms with van der Waals surface area (Å²) >= 11 is 0. The summed E-state index contributed by atoms with van der Waals surface area (Å²) in [7, 11) is 4.15. The van der Waals surface area contributed by atoms with Crippen LogP contribution in [-0.2, 0) is 11.3 Å². The Morgan fingerprint density at radius 1 is 1.26 bits per heavy atom. The van der Waals surface area contributed by atoms with Crippen molar-refractivity contribution in [2.75, 3.05) is 40.3 Å². The summed E-state index contributed by atoms with van der Waals surface area (Å²) in [6.45, 7) is 6.45. The maximum absolute atomic E-state index is 5.81. The molecule has 23 heavy (non-hydrogen) atoms. The molecule has 1 saturated heterocycles. The third kappa shape index (κ3) is 4.41. The van der Waals surface area contributed by atoms with Gasteiger partial charge in [0.25, 0.3) is 0 Å². The third-order valence-electron chi connectivity index (χ3n) is 4.08. The minimum absolute atomic E-state index is 0.262. The molecule has 5 nitrogen and oxygen atoms in total. The number of likely N-dealkylation sites (N-methyl/N-ethyl adjacent to an activating group) is 1. The van der Waals surface area contributed by atoms with Crippen LogP contribution in [0.1, 0.15) is 11.3 Å². The van der Waals surface area contributed by atoms with Gasteiger partial charge in [0.2, 0.25) is 0 Å². The van der Waals surface area contributed by atoms with E-state index in [0.717, 1.165) is 49.8 Å². The average molecular weight is 315 g/mol. The molecule has 124 valence electrons. The van der Waals surface area contributed by atoms with Crippen LogP contribution in [0.2, 0.25) is 0 Å². The molecule has 5 heteroatoms. The SMILES string of the molecule is Cc1ccc(-c2cc(CN3CCO[C@@H](CN(C)C)C3)on2)cc1. The first kappa shape index (κ1) is 16.2. The predicted molar refractivity (Wildman–Crippen MR) is 90.2 cm³/mol. The zero-order valence-electron chi connectivity index (χ0n) is 14.2. The van der Waals surface area contributed by atoms with E-state index < -0.39 is 0 Å². The molecule has 1 aliphatic heterocycles. The second-order valence-corrected chi connectivity index (χ2v) is 6.53. The largest absolute Gasteiger partial charge is 0.374 e. The van der Waals surface area contributed by atoms with Crippen LogP contribution in [0.5, 0.6) is 0 Å². The fourth-order valence-corrected chi connectivity index (χ4v) is 2.91. The van der Waals surface area contributed by atoms with E-state index in [1.54, 1.807) is 0 Å². The highest BCUT2D eigenvalue weighted by Crippen LogP contribution is 2.21. The number of nitrogens with zero attached hydrogens (tertiary/aromatic N) is 3. The van der Waals surface area contributed by atoms with Crippen molar-refractivity contribution in [3.63, 3.8) is 0 Å². The molecule has 1 aromatic heterocycles. The van der Waals surface area contributed by atoms with Gasteiger partial charge in [-0.25, -0.2) is 0 Å². The van der Waals surface area contributed by atoms with Gasteiger partial charge in [-0.15, -0.1) is 0 Å². The minimum atomic E-state index is 0.262. The lowest BCUT2D eigenvalue weighted by Crippen LogP contribution is -2.45. The van der Waals surface area contributed by atoms with E-state index in [1.807, 2.05) is 6.07 Å². The number of hydrogen-bond acceptors (Lipinski definition) is 5. The normalized spacial score (nSPS) is 19.4. The molecule has 3 rings (SSSR count). The zero-order chi connectivity index (χ0) is 16.2. The van der Waals surface area contributed by atoms with Gasteiger partial charge in [0, 0.05) is 31.3 Å². The van der Waals surface area contributed by atoms with E-state index in [-0.39, 0.29) is 6.10 Å². The maximum Gasteiger partial charge on any atom is 0.151 e. The van der Waals surface area contributed by atoms with Crippen molar-refractivity contribution < 1.29 is 9.26 Å². The lowest BCUT2D eigenvalue weighted by Gasteiger charge is -2.33. The van der Waals surface area contributed by atoms with Gasteiger partial charge in [0.1, 0.15) is 5.69 Å². The molecule has 0 aliphatic carbocycles. The second kappa shape index (κ2) is 7.25. The molecular weight excluding hydrogens is 290 g/mol. The lowest BCUT2D eigenvalue weighted by atomic mass is 10.1. The van der Waals surface area contributed by atoms with Crippen LogP contribution in [0.15, 0.2) is 34.9 Å². The summed E-state index contributed by atoms with van der Waals surface area (Å²) in [5, 5.41) is 4.21. The van der Waals surface area contributed by atoms with Crippen molar-refractivity contribution in [2.45, 2.75) is 19.6 Å². The molecule has 0 unspecified atom stereocenters. The summed E-state index contributed by atoms with van der Waals surface area (Å²) in [6, 6.07) is 10.4. The highest BCUT2D eigenvalue weighted by Gasteiger charge is 2.22. The summed E-state index contributed by atoms with van der Waals surface area (Å²) < 4.78 is 11.3. The van der Waals surface area contributed by atoms with Crippen LogP contribution in [0, 0.1) is 6.92 Å². The quantitative estimate of drug-likeness (QED) is 0.847. The Morgan fingerprint density at radius 2 is 2.04 bits per heavy atom. The molecule has 0 spiro atoms. The molecule has 1 fully saturated rings. The van der Waals surface area contributed by atoms with Gasteiger partial charge in [-0.3, -0.25) is 4.90 Å². The van der Waals surface area contributed by atoms with Gasteiger partial charge < -0.3 is 14.2 Å². The van der Waals surface area contributed by atoms with Gasteiger partial charge in [-0.1, -0.05) is 35.0 Å². The smallest absolute Gasteiger partial charge is 0.151 e. The van der Waals surface area contributed by atoms with Gasteiger partial charge in [0.05, 0.1) is 19.3 Å². The topological polar surface area (TPSA) is 41.7 Å². The Bertz CT molecular complexity index is 621. The first-order valence-corrected chi connectivity index (χ1v) is 8.11. The van der Waals surface area contributed by atoms with Crippen LogP contribution in [0.4, 0.5) is 0 Å². The summed E-state index contributed by atoms with van der Waals surface area (Å²) in [4.78, 5) is 4.54. The van der Waals surface area contributed by atoms with Gasteiger partial charge in [-0.2, -0.15) is 0 Å². The maximum atomic E-state index is 5.81. The molecule has 1 aliphatic rings. The highest BCUT2D eigenvalue weighted by molar-refractivity contribution is 5.59. The summed E-state index contributed by atoms with van der Waals surface area (Å²) in [6.07, 6.45) is 0.262. The molecule has 1 aromatic carbocycles. The van der Waals surface area contributed by atoms with Crippen LogP contribution in [0.3, 0.4) is 0 Å². The Hall–Kier alpha value is -1.69. The van der Waals surface area contributed by atoms with Gasteiger partial charge >= 0.3 is 0 Å². The fraction of sp³-hybridized carbons (Fsp3) is 0.500.